The number of nitrogens with one attached hydrogen (secondary N) is 2. The van der Waals surface area contributed by atoms with Crippen LogP contribution in [0.25, 0.3) is 0 Å². The number of carbonyl (C=O) groups is 3. The van der Waals surface area contributed by atoms with Crippen molar-refractivity contribution in [3.63, 3.8) is 0 Å². The van der Waals surface area contributed by atoms with E-state index in [-0.39, 0.29) is 53.7 Å². The molecule has 2 N–H and O–H groups in total. The molecule has 11 heteroatoms. The van der Waals surface area contributed by atoms with E-state index in [1.54, 1.807) is 19.2 Å². The lowest BCUT2D eigenvalue weighted by Crippen LogP contribution is -2.31. The highest BCUT2D eigenvalue weighted by Gasteiger charge is 2.35. The molecule has 10 nitrogen and oxygen atoms in total. The van der Waals surface area contributed by atoms with E-state index in [2.05, 4.69) is 10.0 Å². The molecule has 0 saturated carbocycles. The Hall–Kier alpha value is -3.12. The predicted molar refractivity (Wildman–Crippen MR) is 123 cm³/mol. The minimum Gasteiger partial charge on any atom is -0.385 e. The van der Waals surface area contributed by atoms with Crippen LogP contribution in [0.15, 0.2) is 47.4 Å². The maximum atomic E-state index is 12.6. The highest BCUT2D eigenvalue weighted by atomic mass is 32.2. The third-order valence-corrected chi connectivity index (χ3v) is 6.72. The number of sulfonamides is 1. The van der Waals surface area contributed by atoms with Gasteiger partial charge in [0, 0.05) is 46.0 Å². The number of carbonyl (C=O) groups excluding carboxylic acids is 3. The lowest BCUT2D eigenvalue weighted by Gasteiger charge is -2.12. The number of imide groups is 1. The Labute approximate surface area is 198 Å². The fourth-order valence-electron chi connectivity index (χ4n) is 3.43. The van der Waals surface area contributed by atoms with Crippen molar-refractivity contribution < 1.29 is 32.3 Å². The first-order chi connectivity index (χ1) is 16.3. The minimum atomic E-state index is -3.64. The summed E-state index contributed by atoms with van der Waals surface area (Å²) >= 11 is 0. The Morgan fingerprint density at radius 1 is 0.941 bits per heavy atom. The van der Waals surface area contributed by atoms with Crippen LogP contribution in [-0.2, 0) is 26.0 Å². The summed E-state index contributed by atoms with van der Waals surface area (Å²) in [4.78, 5) is 39.0. The van der Waals surface area contributed by atoms with Gasteiger partial charge in [0.15, 0.2) is 0 Å². The largest absolute Gasteiger partial charge is 0.385 e. The molecule has 1 aliphatic rings. The summed E-state index contributed by atoms with van der Waals surface area (Å²) in [5.41, 5.74) is 1.42. The second-order valence-corrected chi connectivity index (χ2v) is 9.35. The predicted octanol–water partition coefficient (Wildman–Crippen LogP) is 1.17. The summed E-state index contributed by atoms with van der Waals surface area (Å²) in [7, 11) is -0.609. The van der Waals surface area contributed by atoms with Gasteiger partial charge in [0.05, 0.1) is 22.6 Å². The molecule has 3 rings (SSSR count). The van der Waals surface area contributed by atoms with Gasteiger partial charge >= 0.3 is 0 Å². The summed E-state index contributed by atoms with van der Waals surface area (Å²) in [6.45, 7) is 1.26. The van der Waals surface area contributed by atoms with Gasteiger partial charge in [-0.05, 0) is 42.3 Å². The Kier molecular flexibility index (Phi) is 8.51. The van der Waals surface area contributed by atoms with E-state index in [0.29, 0.717) is 18.6 Å². The zero-order chi connectivity index (χ0) is 24.7. The van der Waals surface area contributed by atoms with Crippen LogP contribution in [0.5, 0.6) is 0 Å². The summed E-state index contributed by atoms with van der Waals surface area (Å²) in [6.07, 6.45) is 0.526. The topological polar surface area (TPSA) is 131 Å². The highest BCUT2D eigenvalue weighted by molar-refractivity contribution is 7.89. The van der Waals surface area contributed by atoms with E-state index >= 15 is 0 Å². The SMILES string of the molecule is COCCCN1C(=O)c2ccc(C(=O)NCc3ccc(S(=O)(=O)NCCOC)cc3)cc2C1=O. The van der Waals surface area contributed by atoms with Crippen LogP contribution in [-0.4, -0.2) is 71.6 Å². The van der Waals surface area contributed by atoms with Gasteiger partial charge in [0.1, 0.15) is 0 Å². The van der Waals surface area contributed by atoms with E-state index in [4.69, 9.17) is 9.47 Å². The summed E-state index contributed by atoms with van der Waals surface area (Å²) < 4.78 is 36.7. The summed E-state index contributed by atoms with van der Waals surface area (Å²) in [5.74, 6) is -1.23. The first kappa shape index (κ1) is 25.5. The molecule has 34 heavy (non-hydrogen) atoms. The summed E-state index contributed by atoms with van der Waals surface area (Å²) in [6, 6.07) is 10.5. The number of nitrogens with zero attached hydrogens (tertiary/aromatic N) is 1. The molecule has 2 aromatic rings. The quantitative estimate of drug-likeness (QED) is 0.338. The normalized spacial score (nSPS) is 13.3. The van der Waals surface area contributed by atoms with Crippen molar-refractivity contribution in [2.75, 3.05) is 40.5 Å². The van der Waals surface area contributed by atoms with Gasteiger partial charge in [-0.3, -0.25) is 19.3 Å². The van der Waals surface area contributed by atoms with E-state index < -0.39 is 21.8 Å². The van der Waals surface area contributed by atoms with Crippen LogP contribution < -0.4 is 10.0 Å². The van der Waals surface area contributed by atoms with Crippen LogP contribution in [0.3, 0.4) is 0 Å². The van der Waals surface area contributed by atoms with Crippen molar-refractivity contribution in [2.24, 2.45) is 0 Å². The van der Waals surface area contributed by atoms with Crippen LogP contribution >= 0.6 is 0 Å². The molecule has 0 saturated heterocycles. The number of hydrogen-bond donors (Lipinski definition) is 2. The smallest absolute Gasteiger partial charge is 0.261 e. The second-order valence-electron chi connectivity index (χ2n) is 7.59. The second kappa shape index (κ2) is 11.3. The number of hydrogen-bond acceptors (Lipinski definition) is 7. The average molecular weight is 490 g/mol. The Morgan fingerprint density at radius 2 is 1.62 bits per heavy atom. The van der Waals surface area contributed by atoms with Crippen molar-refractivity contribution in [3.05, 3.63) is 64.7 Å². The molecule has 1 aliphatic heterocycles. The maximum Gasteiger partial charge on any atom is 0.261 e. The van der Waals surface area contributed by atoms with Crippen LogP contribution in [0.1, 0.15) is 43.1 Å². The molecule has 0 aliphatic carbocycles. The van der Waals surface area contributed by atoms with Crippen LogP contribution in [0.4, 0.5) is 0 Å². The van der Waals surface area contributed by atoms with Crippen molar-refractivity contribution >= 4 is 27.7 Å². The van der Waals surface area contributed by atoms with Crippen molar-refractivity contribution in [1.82, 2.24) is 14.9 Å². The van der Waals surface area contributed by atoms with Crippen LogP contribution in [0, 0.1) is 0 Å². The molecule has 1 heterocycles. The molecular weight excluding hydrogens is 462 g/mol. The zero-order valence-corrected chi connectivity index (χ0v) is 19.8. The first-order valence-electron chi connectivity index (χ1n) is 10.6. The van der Waals surface area contributed by atoms with Crippen molar-refractivity contribution in [3.8, 4) is 0 Å². The molecule has 182 valence electrons. The number of fused-ring (bicyclic) bond motifs is 1. The first-order valence-corrected chi connectivity index (χ1v) is 12.1. The zero-order valence-electron chi connectivity index (χ0n) is 19.0. The third-order valence-electron chi connectivity index (χ3n) is 5.25. The molecule has 0 radical (unpaired) electrons. The maximum absolute atomic E-state index is 12.6. The van der Waals surface area contributed by atoms with Crippen molar-refractivity contribution in [2.45, 2.75) is 17.9 Å². The molecule has 0 aromatic heterocycles. The fourth-order valence-corrected chi connectivity index (χ4v) is 4.45. The number of ether oxygens (including phenoxy) is 2. The van der Waals surface area contributed by atoms with E-state index in [1.165, 1.54) is 37.4 Å². The fraction of sp³-hybridized carbons (Fsp3) is 0.348. The lowest BCUT2D eigenvalue weighted by atomic mass is 10.1. The van der Waals surface area contributed by atoms with Gasteiger partial charge in [-0.1, -0.05) is 12.1 Å². The van der Waals surface area contributed by atoms with Gasteiger partial charge in [0.25, 0.3) is 17.7 Å². The van der Waals surface area contributed by atoms with E-state index in [9.17, 15) is 22.8 Å². The Morgan fingerprint density at radius 3 is 2.29 bits per heavy atom. The minimum absolute atomic E-state index is 0.107. The van der Waals surface area contributed by atoms with Gasteiger partial charge in [0.2, 0.25) is 10.0 Å². The molecule has 2 aromatic carbocycles. The number of amides is 3. The van der Waals surface area contributed by atoms with E-state index in [0.717, 1.165) is 4.90 Å². The number of benzene rings is 2. The Bertz CT molecular complexity index is 1160. The average Bonchev–Trinajstić information content (AvgIpc) is 3.07. The van der Waals surface area contributed by atoms with E-state index in [1.807, 2.05) is 0 Å². The molecule has 0 spiro atoms. The van der Waals surface area contributed by atoms with Crippen molar-refractivity contribution in [1.29, 1.82) is 0 Å². The molecule has 0 atom stereocenters. The lowest BCUT2D eigenvalue weighted by molar-refractivity contribution is 0.0638. The third kappa shape index (κ3) is 5.86. The van der Waals surface area contributed by atoms with Crippen LogP contribution in [0.2, 0.25) is 0 Å². The Balaban J connectivity index is 1.61. The van der Waals surface area contributed by atoms with Gasteiger partial charge in [-0.25, -0.2) is 13.1 Å². The highest BCUT2D eigenvalue weighted by Crippen LogP contribution is 2.24. The van der Waals surface area contributed by atoms with Gasteiger partial charge in [-0.15, -0.1) is 0 Å². The summed E-state index contributed by atoms with van der Waals surface area (Å²) in [5, 5.41) is 2.74. The molecule has 3 amide bonds. The van der Waals surface area contributed by atoms with Gasteiger partial charge < -0.3 is 14.8 Å². The molecule has 0 bridgehead atoms. The van der Waals surface area contributed by atoms with Gasteiger partial charge in [-0.2, -0.15) is 0 Å². The number of methoxy groups -OCH3 is 2. The molecule has 0 fully saturated rings. The standard InChI is InChI=1S/C23H27N3O7S/c1-32-12-3-11-26-22(28)19-9-6-17(14-20(19)23(26)29)21(27)24-15-16-4-7-18(8-5-16)34(30,31)25-10-13-33-2/h4-9,14,25H,3,10-13,15H2,1-2H3,(H,24,27). The monoisotopic (exact) mass is 489 g/mol. The molecule has 0 unspecified atom stereocenters. The molecular formula is C23H27N3O7S. The number of rotatable bonds is 12.